The highest BCUT2D eigenvalue weighted by atomic mass is 16.5. The molecular weight excluding hydrogens is 284 g/mol. The van der Waals surface area contributed by atoms with Gasteiger partial charge >= 0.3 is 0 Å². The van der Waals surface area contributed by atoms with E-state index in [9.17, 15) is 0 Å². The monoisotopic (exact) mass is 302 g/mol. The summed E-state index contributed by atoms with van der Waals surface area (Å²) in [6.45, 7) is 0. The fraction of sp³-hybridized carbons (Fsp3) is 0.125. The predicted molar refractivity (Wildman–Crippen MR) is 82.8 cm³/mol. The van der Waals surface area contributed by atoms with Gasteiger partial charge in [-0.1, -0.05) is 36.4 Å². The van der Waals surface area contributed by atoms with Gasteiger partial charge in [-0.2, -0.15) is 0 Å². The number of methoxy groups -OCH3 is 2. The van der Waals surface area contributed by atoms with Crippen LogP contribution in [0, 0.1) is 10.8 Å². The minimum Gasteiger partial charge on any atom is -0.497 e. The molecule has 0 fully saturated rings. The van der Waals surface area contributed by atoms with Crippen LogP contribution in [-0.2, 0) is 9.59 Å². The van der Waals surface area contributed by atoms with Crippen LogP contribution in [0.3, 0.4) is 0 Å². The van der Waals surface area contributed by atoms with Crippen LogP contribution in [0.25, 0.3) is 0 Å². The maximum absolute atomic E-state index is 8.35. The molecule has 116 valence electrons. The molecule has 0 saturated heterocycles. The van der Waals surface area contributed by atoms with Gasteiger partial charge in [0, 0.05) is 0 Å². The largest absolute Gasteiger partial charge is 0.497 e. The zero-order valence-corrected chi connectivity index (χ0v) is 12.4. The van der Waals surface area contributed by atoms with Crippen molar-refractivity contribution in [2.24, 2.45) is 0 Å². The van der Waals surface area contributed by atoms with E-state index in [4.69, 9.17) is 29.9 Å². The summed E-state index contributed by atoms with van der Waals surface area (Å²) < 4.78 is 9.83. The second-order valence-electron chi connectivity index (χ2n) is 3.24. The van der Waals surface area contributed by atoms with Crippen molar-refractivity contribution in [1.29, 1.82) is 10.8 Å². The number of hydrogen-bond donors (Lipinski definition) is 2. The molecule has 0 atom stereocenters. The molecule has 0 amide bonds. The zero-order valence-electron chi connectivity index (χ0n) is 12.4. The standard InChI is InChI=1S/2C7H8O.2CHNO/c2*1-8-7-5-3-2-4-6-7;2*2-1-3/h2*2-6H,1H3;2*2H. The number of nitrogens with one attached hydrogen (secondary N) is 2. The summed E-state index contributed by atoms with van der Waals surface area (Å²) in [5.41, 5.74) is 0. The molecular formula is C16H18N2O4. The number of para-hydroxylation sites is 2. The molecule has 0 heterocycles. The topological polar surface area (TPSA) is 100 Å². The van der Waals surface area contributed by atoms with Gasteiger partial charge in [0.1, 0.15) is 11.5 Å². The van der Waals surface area contributed by atoms with Crippen molar-refractivity contribution in [2.45, 2.75) is 0 Å². The molecule has 0 saturated carbocycles. The highest BCUT2D eigenvalue weighted by Gasteiger charge is 1.80. The van der Waals surface area contributed by atoms with Crippen molar-refractivity contribution in [3.63, 3.8) is 0 Å². The average Bonchev–Trinajstić information content (AvgIpc) is 2.58. The molecule has 22 heavy (non-hydrogen) atoms. The molecule has 0 unspecified atom stereocenters. The summed E-state index contributed by atoms with van der Waals surface area (Å²) in [5.74, 6) is 1.82. The molecule has 0 aromatic heterocycles. The molecule has 0 aliphatic rings. The van der Waals surface area contributed by atoms with Gasteiger partial charge < -0.3 is 9.47 Å². The molecule has 2 aromatic carbocycles. The quantitative estimate of drug-likeness (QED) is 0.657. The average molecular weight is 302 g/mol. The highest BCUT2D eigenvalue weighted by Crippen LogP contribution is 2.06. The van der Waals surface area contributed by atoms with Crippen LogP contribution in [0.2, 0.25) is 0 Å². The van der Waals surface area contributed by atoms with E-state index in [-0.39, 0.29) is 0 Å². The van der Waals surface area contributed by atoms with E-state index >= 15 is 0 Å². The van der Waals surface area contributed by atoms with Crippen molar-refractivity contribution >= 4 is 12.2 Å². The number of hydrogen-bond acceptors (Lipinski definition) is 6. The molecule has 0 aliphatic heterocycles. The van der Waals surface area contributed by atoms with Crippen molar-refractivity contribution < 1.29 is 19.1 Å². The fourth-order valence-electron chi connectivity index (χ4n) is 1.11. The Hall–Kier alpha value is -3.20. The van der Waals surface area contributed by atoms with E-state index in [2.05, 4.69) is 0 Å². The van der Waals surface area contributed by atoms with Crippen LogP contribution >= 0.6 is 0 Å². The van der Waals surface area contributed by atoms with Gasteiger partial charge in [0.05, 0.1) is 14.2 Å². The summed E-state index contributed by atoms with van der Waals surface area (Å²) >= 11 is 0. The van der Waals surface area contributed by atoms with E-state index in [1.807, 2.05) is 60.7 Å². The Labute approximate surface area is 129 Å². The van der Waals surface area contributed by atoms with Gasteiger partial charge in [0.25, 0.3) is 0 Å². The van der Waals surface area contributed by atoms with Gasteiger partial charge in [0.15, 0.2) is 0 Å². The molecule has 0 aliphatic carbocycles. The third-order valence-electron chi connectivity index (χ3n) is 1.96. The number of isocyanates is 2. The Balaban J connectivity index is 0. The maximum atomic E-state index is 8.35. The maximum Gasteiger partial charge on any atom is 0.231 e. The molecule has 0 bridgehead atoms. The lowest BCUT2D eigenvalue weighted by molar-refractivity contribution is 0.414. The first-order chi connectivity index (χ1) is 10.7. The van der Waals surface area contributed by atoms with Crippen molar-refractivity contribution in [2.75, 3.05) is 14.2 Å². The van der Waals surface area contributed by atoms with E-state index in [0.717, 1.165) is 23.7 Å². The van der Waals surface area contributed by atoms with Gasteiger partial charge in [-0.3, -0.25) is 0 Å². The summed E-state index contributed by atoms with van der Waals surface area (Å²) in [7, 11) is 3.32. The SMILES string of the molecule is COc1ccccc1.COc1ccccc1.N=C=O.N=C=O. The van der Waals surface area contributed by atoms with E-state index < -0.39 is 0 Å². The first-order valence-corrected chi connectivity index (χ1v) is 5.95. The van der Waals surface area contributed by atoms with Crippen LogP contribution in [-0.4, -0.2) is 26.4 Å². The molecule has 0 radical (unpaired) electrons. The van der Waals surface area contributed by atoms with E-state index in [0.29, 0.717) is 0 Å². The lowest BCUT2D eigenvalue weighted by Crippen LogP contribution is -1.78. The van der Waals surface area contributed by atoms with Crippen LogP contribution in [0.15, 0.2) is 60.7 Å². The van der Waals surface area contributed by atoms with E-state index in [1.54, 1.807) is 14.2 Å². The summed E-state index contributed by atoms with van der Waals surface area (Å²) in [6, 6.07) is 19.4. The Bertz CT molecular complexity index is 481. The minimum absolute atomic E-state index is 0.750. The van der Waals surface area contributed by atoms with Crippen molar-refractivity contribution in [3.8, 4) is 11.5 Å². The van der Waals surface area contributed by atoms with Crippen molar-refractivity contribution in [1.82, 2.24) is 0 Å². The lowest BCUT2D eigenvalue weighted by Gasteiger charge is -1.93. The number of ether oxygens (including phenoxy) is 2. The second-order valence-corrected chi connectivity index (χ2v) is 3.24. The Morgan fingerprint density at radius 1 is 0.682 bits per heavy atom. The van der Waals surface area contributed by atoms with Gasteiger partial charge in [-0.25, -0.2) is 20.4 Å². The number of carbonyl (C=O) groups excluding carboxylic acids is 2. The third-order valence-corrected chi connectivity index (χ3v) is 1.96. The molecule has 0 spiro atoms. The molecule has 2 rings (SSSR count). The van der Waals surface area contributed by atoms with Crippen LogP contribution in [0.5, 0.6) is 11.5 Å². The van der Waals surface area contributed by atoms with Gasteiger partial charge in [-0.15, -0.1) is 0 Å². The van der Waals surface area contributed by atoms with Gasteiger partial charge in [0.2, 0.25) is 12.2 Å². The van der Waals surface area contributed by atoms with Crippen LogP contribution in [0.4, 0.5) is 0 Å². The zero-order chi connectivity index (χ0) is 17.1. The summed E-state index contributed by atoms with van der Waals surface area (Å²) in [6.07, 6.45) is 1.50. The number of benzene rings is 2. The molecule has 6 heteroatoms. The second kappa shape index (κ2) is 17.8. The Kier molecular flexibility index (Phi) is 17.1. The van der Waals surface area contributed by atoms with Gasteiger partial charge in [-0.05, 0) is 24.3 Å². The Morgan fingerprint density at radius 3 is 1.05 bits per heavy atom. The molecule has 2 aromatic rings. The predicted octanol–water partition coefficient (Wildman–Crippen LogP) is 3.19. The van der Waals surface area contributed by atoms with Crippen LogP contribution < -0.4 is 9.47 Å². The first kappa shape index (κ1) is 21.1. The smallest absolute Gasteiger partial charge is 0.231 e. The normalized spacial score (nSPS) is 7.00. The van der Waals surface area contributed by atoms with Crippen molar-refractivity contribution in [3.05, 3.63) is 60.7 Å². The third kappa shape index (κ3) is 14.9. The first-order valence-electron chi connectivity index (χ1n) is 5.95. The Morgan fingerprint density at radius 2 is 0.909 bits per heavy atom. The minimum atomic E-state index is 0.750. The molecule has 2 N–H and O–H groups in total. The van der Waals surface area contributed by atoms with Crippen LogP contribution in [0.1, 0.15) is 0 Å². The fourth-order valence-corrected chi connectivity index (χ4v) is 1.11. The summed E-state index contributed by atoms with van der Waals surface area (Å²) in [4.78, 5) is 16.7. The number of rotatable bonds is 2. The summed E-state index contributed by atoms with van der Waals surface area (Å²) in [5, 5.41) is 10.8. The van der Waals surface area contributed by atoms with E-state index in [1.165, 1.54) is 0 Å². The highest BCUT2D eigenvalue weighted by molar-refractivity contribution is 5.26. The lowest BCUT2D eigenvalue weighted by atomic mass is 10.3. The molecule has 6 nitrogen and oxygen atoms in total.